The number of aromatic nitrogens is 1. The quantitative estimate of drug-likeness (QED) is 0.926. The number of nitrogens with zero attached hydrogens (tertiary/aromatic N) is 3. The normalized spacial score (nSPS) is 16.9. The average molecular weight is 328 g/mol. The van der Waals surface area contributed by atoms with E-state index in [9.17, 15) is 4.79 Å². The lowest BCUT2D eigenvalue weighted by molar-refractivity contribution is 0.103. The molecule has 0 aromatic carbocycles. The van der Waals surface area contributed by atoms with Gasteiger partial charge in [0.25, 0.3) is 0 Å². The molecule has 104 valence electrons. The fourth-order valence-electron chi connectivity index (χ4n) is 2.38. The largest absolute Gasteiger partial charge is 0.465 e. The minimum absolute atomic E-state index is 0.432. The molecule has 0 unspecified atom stereocenters. The van der Waals surface area contributed by atoms with Crippen LogP contribution in [0.25, 0.3) is 0 Å². The van der Waals surface area contributed by atoms with Crippen LogP contribution in [0.1, 0.15) is 18.5 Å². The van der Waals surface area contributed by atoms with Gasteiger partial charge in [-0.3, -0.25) is 9.88 Å². The number of likely N-dealkylation sites (tertiary alicyclic amines) is 1. The molecule has 0 spiro atoms. The van der Waals surface area contributed by atoms with Crippen LogP contribution < -0.4 is 0 Å². The number of halogens is 1. The summed E-state index contributed by atoms with van der Waals surface area (Å²) in [5.41, 5.74) is 1.03. The first kappa shape index (κ1) is 14.3. The van der Waals surface area contributed by atoms with E-state index in [0.29, 0.717) is 19.1 Å². The molecule has 1 aliphatic heterocycles. The first-order valence-corrected chi connectivity index (χ1v) is 7.14. The van der Waals surface area contributed by atoms with Crippen molar-refractivity contribution in [2.45, 2.75) is 25.4 Å². The molecule has 5 nitrogen and oxygen atoms in total. The van der Waals surface area contributed by atoms with Crippen molar-refractivity contribution in [1.82, 2.24) is 14.8 Å². The molecule has 0 saturated carbocycles. The Labute approximate surface area is 121 Å². The molecule has 1 aromatic rings. The molecule has 0 radical (unpaired) electrons. The molecule has 0 aliphatic carbocycles. The van der Waals surface area contributed by atoms with E-state index >= 15 is 0 Å². The van der Waals surface area contributed by atoms with Crippen LogP contribution in [0.2, 0.25) is 0 Å². The van der Waals surface area contributed by atoms with Gasteiger partial charge in [-0.1, -0.05) is 0 Å². The summed E-state index contributed by atoms with van der Waals surface area (Å²) in [6.45, 7) is 2.04. The molecule has 1 aliphatic rings. The van der Waals surface area contributed by atoms with E-state index in [4.69, 9.17) is 5.11 Å². The van der Waals surface area contributed by atoms with E-state index in [2.05, 4.69) is 32.9 Å². The molecular weight excluding hydrogens is 310 g/mol. The number of amides is 1. The van der Waals surface area contributed by atoms with E-state index in [-0.39, 0.29) is 0 Å². The Morgan fingerprint density at radius 2 is 2.21 bits per heavy atom. The second-order valence-corrected chi connectivity index (χ2v) is 5.80. The molecule has 19 heavy (non-hydrogen) atoms. The molecule has 1 aromatic heterocycles. The van der Waals surface area contributed by atoms with Gasteiger partial charge in [-0.15, -0.1) is 0 Å². The smallest absolute Gasteiger partial charge is 0.407 e. The highest BCUT2D eigenvalue weighted by atomic mass is 79.9. The highest BCUT2D eigenvalue weighted by molar-refractivity contribution is 9.10. The van der Waals surface area contributed by atoms with Crippen LogP contribution in [-0.4, -0.2) is 52.2 Å². The lowest BCUT2D eigenvalue weighted by Gasteiger charge is -2.35. The van der Waals surface area contributed by atoms with Crippen molar-refractivity contribution in [2.75, 3.05) is 20.1 Å². The van der Waals surface area contributed by atoms with Gasteiger partial charge in [-0.2, -0.15) is 0 Å². The molecule has 1 N–H and O–H groups in total. The van der Waals surface area contributed by atoms with Crippen LogP contribution in [0, 0.1) is 0 Å². The second-order valence-electron chi connectivity index (χ2n) is 4.88. The van der Waals surface area contributed by atoms with Gasteiger partial charge in [0.05, 0.1) is 5.69 Å². The van der Waals surface area contributed by atoms with Crippen LogP contribution >= 0.6 is 15.9 Å². The number of hydrogen-bond acceptors (Lipinski definition) is 3. The first-order chi connectivity index (χ1) is 9.06. The van der Waals surface area contributed by atoms with Crippen molar-refractivity contribution in [3.8, 4) is 0 Å². The summed E-state index contributed by atoms with van der Waals surface area (Å²) in [6.07, 6.45) is 2.77. The van der Waals surface area contributed by atoms with Crippen molar-refractivity contribution >= 4 is 22.0 Å². The molecule has 0 bridgehead atoms. The molecular formula is C13H18BrN3O2. The van der Waals surface area contributed by atoms with Gasteiger partial charge in [0.2, 0.25) is 0 Å². The van der Waals surface area contributed by atoms with Crippen molar-refractivity contribution in [3.63, 3.8) is 0 Å². The Morgan fingerprint density at radius 3 is 2.74 bits per heavy atom. The zero-order valence-corrected chi connectivity index (χ0v) is 12.5. The molecule has 0 atom stereocenters. The SMILES string of the molecule is CN(Cc1ccc(Br)cn1)C1CCN(C(=O)O)CC1. The second kappa shape index (κ2) is 6.34. The predicted octanol–water partition coefficient (Wildman–Crippen LogP) is 2.42. The fourth-order valence-corrected chi connectivity index (χ4v) is 2.62. The third-order valence-electron chi connectivity index (χ3n) is 3.56. The van der Waals surface area contributed by atoms with Gasteiger partial charge >= 0.3 is 6.09 Å². The molecule has 1 saturated heterocycles. The number of hydrogen-bond donors (Lipinski definition) is 1. The first-order valence-electron chi connectivity index (χ1n) is 6.35. The minimum Gasteiger partial charge on any atom is -0.465 e. The highest BCUT2D eigenvalue weighted by Gasteiger charge is 2.24. The standard InChI is InChI=1S/C13H18BrN3O2/c1-16(9-11-3-2-10(14)8-15-11)12-4-6-17(7-5-12)13(18)19/h2-3,8,12H,4-7,9H2,1H3,(H,18,19). The summed E-state index contributed by atoms with van der Waals surface area (Å²) in [5, 5.41) is 8.92. The van der Waals surface area contributed by atoms with E-state index in [1.54, 1.807) is 6.20 Å². The summed E-state index contributed by atoms with van der Waals surface area (Å²) in [6, 6.07) is 4.43. The van der Waals surface area contributed by atoms with Gasteiger partial charge in [-0.05, 0) is 48.0 Å². The number of pyridine rings is 1. The summed E-state index contributed by atoms with van der Waals surface area (Å²) in [7, 11) is 2.07. The summed E-state index contributed by atoms with van der Waals surface area (Å²) in [4.78, 5) is 19.0. The van der Waals surface area contributed by atoms with Gasteiger partial charge in [0, 0.05) is 36.3 Å². The zero-order valence-electron chi connectivity index (χ0n) is 10.9. The summed E-state index contributed by atoms with van der Waals surface area (Å²) >= 11 is 3.37. The van der Waals surface area contributed by atoms with Crippen LogP contribution in [-0.2, 0) is 6.54 Å². The predicted molar refractivity (Wildman–Crippen MR) is 76.0 cm³/mol. The third-order valence-corrected chi connectivity index (χ3v) is 4.03. The monoisotopic (exact) mass is 327 g/mol. The topological polar surface area (TPSA) is 56.7 Å². The van der Waals surface area contributed by atoms with E-state index in [0.717, 1.165) is 29.6 Å². The summed E-state index contributed by atoms with van der Waals surface area (Å²) in [5.74, 6) is 0. The Kier molecular flexibility index (Phi) is 4.76. The zero-order chi connectivity index (χ0) is 13.8. The van der Waals surface area contributed by atoms with Gasteiger partial charge < -0.3 is 10.0 Å². The molecule has 6 heteroatoms. The van der Waals surface area contributed by atoms with Crippen molar-refractivity contribution in [3.05, 3.63) is 28.5 Å². The Hall–Kier alpha value is -1.14. The number of rotatable bonds is 3. The number of carboxylic acid groups (broad SMARTS) is 1. The lowest BCUT2D eigenvalue weighted by Crippen LogP contribution is -2.44. The molecule has 1 amide bonds. The van der Waals surface area contributed by atoms with Crippen molar-refractivity contribution in [2.24, 2.45) is 0 Å². The van der Waals surface area contributed by atoms with Crippen LogP contribution in [0.15, 0.2) is 22.8 Å². The van der Waals surface area contributed by atoms with Gasteiger partial charge in [-0.25, -0.2) is 4.79 Å². The van der Waals surface area contributed by atoms with Crippen LogP contribution in [0.3, 0.4) is 0 Å². The molecule has 2 rings (SSSR count). The minimum atomic E-state index is -0.810. The fraction of sp³-hybridized carbons (Fsp3) is 0.538. The maximum Gasteiger partial charge on any atom is 0.407 e. The maximum atomic E-state index is 10.9. The number of piperidine rings is 1. The Morgan fingerprint density at radius 1 is 1.53 bits per heavy atom. The lowest BCUT2D eigenvalue weighted by atomic mass is 10.0. The number of carbonyl (C=O) groups is 1. The van der Waals surface area contributed by atoms with Crippen LogP contribution in [0.5, 0.6) is 0 Å². The van der Waals surface area contributed by atoms with E-state index in [1.807, 2.05) is 12.1 Å². The van der Waals surface area contributed by atoms with E-state index < -0.39 is 6.09 Å². The maximum absolute atomic E-state index is 10.9. The Bertz CT molecular complexity index is 430. The van der Waals surface area contributed by atoms with Crippen molar-refractivity contribution < 1.29 is 9.90 Å². The Balaban J connectivity index is 1.86. The van der Waals surface area contributed by atoms with Crippen molar-refractivity contribution in [1.29, 1.82) is 0 Å². The van der Waals surface area contributed by atoms with E-state index in [1.165, 1.54) is 4.90 Å². The van der Waals surface area contributed by atoms with Crippen LogP contribution in [0.4, 0.5) is 4.79 Å². The molecule has 1 fully saturated rings. The highest BCUT2D eigenvalue weighted by Crippen LogP contribution is 2.17. The van der Waals surface area contributed by atoms with Gasteiger partial charge in [0.15, 0.2) is 0 Å². The molecule has 2 heterocycles. The van der Waals surface area contributed by atoms with Gasteiger partial charge in [0.1, 0.15) is 0 Å². The average Bonchev–Trinajstić information content (AvgIpc) is 2.41. The third kappa shape index (κ3) is 3.91. The summed E-state index contributed by atoms with van der Waals surface area (Å²) < 4.78 is 0.980.